The lowest BCUT2D eigenvalue weighted by Crippen LogP contribution is -2.20. The third kappa shape index (κ3) is 1.89. The van der Waals surface area contributed by atoms with Gasteiger partial charge in [-0.15, -0.1) is 0 Å². The van der Waals surface area contributed by atoms with Crippen LogP contribution in [-0.4, -0.2) is 20.2 Å². The Morgan fingerprint density at radius 3 is 2.40 bits per heavy atom. The molecule has 0 radical (unpaired) electrons. The van der Waals surface area contributed by atoms with E-state index in [4.69, 9.17) is 4.74 Å². The van der Waals surface area contributed by atoms with Crippen LogP contribution in [-0.2, 0) is 0 Å². The van der Waals surface area contributed by atoms with E-state index in [0.29, 0.717) is 17.5 Å². The lowest BCUT2D eigenvalue weighted by molar-refractivity contribution is 0.406. The summed E-state index contributed by atoms with van der Waals surface area (Å²) < 4.78 is 31.1. The first-order valence-corrected chi connectivity index (χ1v) is 4.89. The van der Waals surface area contributed by atoms with Gasteiger partial charge in [-0.05, 0) is 12.8 Å². The number of benzene rings is 1. The minimum atomic E-state index is -0.875. The zero-order valence-corrected chi connectivity index (χ0v) is 8.76. The molecule has 2 nitrogen and oxygen atoms in total. The monoisotopic (exact) mass is 213 g/mol. The van der Waals surface area contributed by atoms with Crippen molar-refractivity contribution in [3.8, 4) is 5.75 Å². The summed E-state index contributed by atoms with van der Waals surface area (Å²) in [6, 6.07) is 2.71. The molecule has 1 aromatic rings. The summed E-state index contributed by atoms with van der Waals surface area (Å²) in [5, 5.41) is 0. The van der Waals surface area contributed by atoms with Gasteiger partial charge >= 0.3 is 0 Å². The topological polar surface area (TPSA) is 12.5 Å². The first-order valence-electron chi connectivity index (χ1n) is 4.89. The summed E-state index contributed by atoms with van der Waals surface area (Å²) in [6.07, 6.45) is 2.19. The zero-order valence-electron chi connectivity index (χ0n) is 8.76. The molecule has 0 aliphatic heterocycles. The van der Waals surface area contributed by atoms with Crippen molar-refractivity contribution in [2.75, 3.05) is 19.1 Å². The molecule has 1 aliphatic carbocycles. The Hall–Kier alpha value is -1.32. The van der Waals surface area contributed by atoms with Crippen molar-refractivity contribution in [1.29, 1.82) is 0 Å². The molecule has 4 heteroatoms. The van der Waals surface area contributed by atoms with Crippen molar-refractivity contribution in [2.24, 2.45) is 0 Å². The van der Waals surface area contributed by atoms with E-state index in [1.165, 1.54) is 13.2 Å². The highest BCUT2D eigenvalue weighted by Crippen LogP contribution is 2.36. The highest BCUT2D eigenvalue weighted by atomic mass is 19.2. The summed E-state index contributed by atoms with van der Waals surface area (Å²) in [7, 11) is 3.32. The van der Waals surface area contributed by atoms with E-state index in [-0.39, 0.29) is 0 Å². The van der Waals surface area contributed by atoms with E-state index in [1.54, 1.807) is 0 Å². The summed E-state index contributed by atoms with van der Waals surface area (Å²) in [5.41, 5.74) is 0.610. The van der Waals surface area contributed by atoms with Crippen LogP contribution >= 0.6 is 0 Å². The third-order valence-corrected chi connectivity index (χ3v) is 2.70. The fourth-order valence-corrected chi connectivity index (χ4v) is 1.62. The van der Waals surface area contributed by atoms with Crippen LogP contribution in [0.4, 0.5) is 14.5 Å². The summed E-state index contributed by atoms with van der Waals surface area (Å²) in [6.45, 7) is 0. The van der Waals surface area contributed by atoms with Crippen LogP contribution in [0, 0.1) is 11.6 Å². The van der Waals surface area contributed by atoms with E-state index in [1.807, 2.05) is 11.9 Å². The first-order chi connectivity index (χ1) is 7.13. The van der Waals surface area contributed by atoms with E-state index < -0.39 is 11.6 Å². The summed E-state index contributed by atoms with van der Waals surface area (Å²) >= 11 is 0. The molecule has 0 unspecified atom stereocenters. The van der Waals surface area contributed by atoms with Crippen molar-refractivity contribution < 1.29 is 13.5 Å². The van der Waals surface area contributed by atoms with Gasteiger partial charge < -0.3 is 9.64 Å². The molecule has 15 heavy (non-hydrogen) atoms. The van der Waals surface area contributed by atoms with Crippen LogP contribution in [0.3, 0.4) is 0 Å². The van der Waals surface area contributed by atoms with Gasteiger partial charge in [0.1, 0.15) is 5.75 Å². The maximum absolute atomic E-state index is 13.1. The quantitative estimate of drug-likeness (QED) is 0.765. The van der Waals surface area contributed by atoms with E-state index in [2.05, 4.69) is 0 Å². The van der Waals surface area contributed by atoms with Gasteiger partial charge in [-0.2, -0.15) is 0 Å². The number of halogens is 2. The Labute approximate surface area is 87.5 Å². The average Bonchev–Trinajstić information content (AvgIpc) is 3.04. The number of hydrogen-bond donors (Lipinski definition) is 0. The smallest absolute Gasteiger partial charge is 0.162 e. The van der Waals surface area contributed by atoms with Crippen LogP contribution in [0.1, 0.15) is 12.8 Å². The Morgan fingerprint density at radius 1 is 1.27 bits per heavy atom. The van der Waals surface area contributed by atoms with Crippen molar-refractivity contribution in [1.82, 2.24) is 0 Å². The minimum absolute atomic E-state index is 0.378. The molecule has 1 aromatic carbocycles. The average molecular weight is 213 g/mol. The van der Waals surface area contributed by atoms with E-state index in [0.717, 1.165) is 18.9 Å². The fourth-order valence-electron chi connectivity index (χ4n) is 1.62. The predicted molar refractivity (Wildman–Crippen MR) is 54.3 cm³/mol. The molecular formula is C11H13F2NO. The second-order valence-electron chi connectivity index (χ2n) is 3.78. The minimum Gasteiger partial charge on any atom is -0.494 e. The van der Waals surface area contributed by atoms with Crippen molar-refractivity contribution in [2.45, 2.75) is 18.9 Å². The van der Waals surface area contributed by atoms with Gasteiger partial charge in [0.25, 0.3) is 0 Å². The standard InChI is InChI=1S/C11H13F2NO/c1-14(7-3-4-7)10-5-8(12)9(13)6-11(10)15-2/h5-7H,3-4H2,1-2H3. The maximum Gasteiger partial charge on any atom is 0.162 e. The SMILES string of the molecule is COc1cc(F)c(F)cc1N(C)C1CC1. The Morgan fingerprint density at radius 2 is 1.87 bits per heavy atom. The third-order valence-electron chi connectivity index (χ3n) is 2.70. The van der Waals surface area contributed by atoms with E-state index in [9.17, 15) is 8.78 Å². The molecule has 0 N–H and O–H groups in total. The molecule has 2 rings (SSSR count). The second kappa shape index (κ2) is 3.68. The lowest BCUT2D eigenvalue weighted by atomic mass is 10.2. The normalized spacial score (nSPS) is 15.2. The van der Waals surface area contributed by atoms with Gasteiger partial charge in [0.05, 0.1) is 12.8 Å². The summed E-state index contributed by atoms with van der Waals surface area (Å²) in [5.74, 6) is -1.33. The molecule has 0 amide bonds. The van der Waals surface area contributed by atoms with Crippen molar-refractivity contribution in [3.63, 3.8) is 0 Å². The second-order valence-corrected chi connectivity index (χ2v) is 3.78. The van der Waals surface area contributed by atoms with Crippen LogP contribution in [0.25, 0.3) is 0 Å². The van der Waals surface area contributed by atoms with Crippen LogP contribution < -0.4 is 9.64 Å². The summed E-state index contributed by atoms with van der Waals surface area (Å²) in [4.78, 5) is 1.93. The largest absolute Gasteiger partial charge is 0.494 e. The number of ether oxygens (including phenoxy) is 1. The zero-order chi connectivity index (χ0) is 11.0. The lowest BCUT2D eigenvalue weighted by Gasteiger charge is -2.21. The molecular weight excluding hydrogens is 200 g/mol. The predicted octanol–water partition coefficient (Wildman–Crippen LogP) is 2.57. The van der Waals surface area contributed by atoms with Gasteiger partial charge in [0.2, 0.25) is 0 Å². The highest BCUT2D eigenvalue weighted by molar-refractivity contribution is 5.59. The molecule has 0 atom stereocenters. The van der Waals surface area contributed by atoms with Crippen molar-refractivity contribution in [3.05, 3.63) is 23.8 Å². The van der Waals surface area contributed by atoms with Crippen LogP contribution in [0.2, 0.25) is 0 Å². The number of methoxy groups -OCH3 is 1. The molecule has 1 aliphatic rings. The molecule has 0 heterocycles. The number of hydrogen-bond acceptors (Lipinski definition) is 2. The van der Waals surface area contributed by atoms with Gasteiger partial charge in [-0.25, -0.2) is 8.78 Å². The van der Waals surface area contributed by atoms with Gasteiger partial charge in [-0.3, -0.25) is 0 Å². The van der Waals surface area contributed by atoms with Gasteiger partial charge in [0, 0.05) is 25.2 Å². The van der Waals surface area contributed by atoms with Crippen LogP contribution in [0.15, 0.2) is 12.1 Å². The number of rotatable bonds is 3. The molecule has 0 bridgehead atoms. The first kappa shape index (κ1) is 10.2. The molecule has 82 valence electrons. The van der Waals surface area contributed by atoms with Gasteiger partial charge in [-0.1, -0.05) is 0 Å². The number of nitrogens with zero attached hydrogens (tertiary/aromatic N) is 1. The molecule has 0 spiro atoms. The molecule has 0 saturated heterocycles. The van der Waals surface area contributed by atoms with Gasteiger partial charge in [0.15, 0.2) is 11.6 Å². The molecule has 0 aromatic heterocycles. The molecule has 1 fully saturated rings. The molecule has 1 saturated carbocycles. The van der Waals surface area contributed by atoms with E-state index >= 15 is 0 Å². The van der Waals surface area contributed by atoms with Crippen LogP contribution in [0.5, 0.6) is 5.75 Å². The Bertz CT molecular complexity index is 377. The van der Waals surface area contributed by atoms with Crippen molar-refractivity contribution >= 4 is 5.69 Å². The maximum atomic E-state index is 13.1. The highest BCUT2D eigenvalue weighted by Gasteiger charge is 2.28. The fraction of sp³-hybridized carbons (Fsp3) is 0.455. The number of anilines is 1. The Balaban J connectivity index is 2.39. The Kier molecular flexibility index (Phi) is 2.50.